The van der Waals surface area contributed by atoms with Gasteiger partial charge in [0.2, 0.25) is 0 Å². The van der Waals surface area contributed by atoms with Crippen LogP contribution in [0, 0.1) is 0 Å². The van der Waals surface area contributed by atoms with Crippen LogP contribution < -0.4 is 5.32 Å². The molecule has 2 aliphatic heterocycles. The Morgan fingerprint density at radius 3 is 2.59 bits per heavy atom. The van der Waals surface area contributed by atoms with Crippen molar-refractivity contribution in [2.45, 2.75) is 58.7 Å². The standard InChI is InChI=1S/C27H30ClN3O3/c1-27(2,3)34-26(33)31-22-8-7-17(16-30-9-5-4-6-10-30)11-18(22)13-23(31)21-14-20(28)12-19-15-29-25(32)24(19)21/h7-8,11-14H,4-6,9-10,15-16H2,1-3H3,(H,29,32). The van der Waals surface area contributed by atoms with E-state index in [-0.39, 0.29) is 5.91 Å². The molecule has 5 rings (SSSR count). The molecule has 178 valence electrons. The number of nitrogens with one attached hydrogen (secondary N) is 1. The summed E-state index contributed by atoms with van der Waals surface area (Å²) in [4.78, 5) is 28.6. The van der Waals surface area contributed by atoms with Crippen LogP contribution in [-0.2, 0) is 17.8 Å². The van der Waals surface area contributed by atoms with E-state index >= 15 is 0 Å². The van der Waals surface area contributed by atoms with Crippen LogP contribution >= 0.6 is 11.6 Å². The molecule has 34 heavy (non-hydrogen) atoms. The Balaban J connectivity index is 1.65. The number of fused-ring (bicyclic) bond motifs is 2. The minimum absolute atomic E-state index is 0.159. The second kappa shape index (κ2) is 8.75. The summed E-state index contributed by atoms with van der Waals surface area (Å²) in [5, 5.41) is 4.33. The number of halogens is 1. The summed E-state index contributed by atoms with van der Waals surface area (Å²) in [7, 11) is 0. The van der Waals surface area contributed by atoms with E-state index in [1.165, 1.54) is 24.8 Å². The number of carbonyl (C=O) groups excluding carboxylic acids is 2. The number of nitrogens with zero attached hydrogens (tertiary/aromatic N) is 2. The maximum atomic E-state index is 13.4. The normalized spacial score (nSPS) is 16.5. The Hall–Kier alpha value is -2.83. The zero-order chi connectivity index (χ0) is 24.0. The van der Waals surface area contributed by atoms with Crippen molar-refractivity contribution in [3.8, 4) is 11.3 Å². The van der Waals surface area contributed by atoms with Gasteiger partial charge in [0.1, 0.15) is 5.60 Å². The first-order chi connectivity index (χ1) is 16.2. The van der Waals surface area contributed by atoms with Crippen molar-refractivity contribution in [2.24, 2.45) is 0 Å². The Labute approximate surface area is 204 Å². The minimum atomic E-state index is -0.660. The highest BCUT2D eigenvalue weighted by molar-refractivity contribution is 6.31. The van der Waals surface area contributed by atoms with E-state index in [9.17, 15) is 9.59 Å². The molecule has 2 aromatic carbocycles. The lowest BCUT2D eigenvalue weighted by molar-refractivity contribution is 0.0547. The number of aromatic nitrogens is 1. The summed E-state index contributed by atoms with van der Waals surface area (Å²) < 4.78 is 7.34. The molecule has 0 unspecified atom stereocenters. The van der Waals surface area contributed by atoms with Crippen molar-refractivity contribution < 1.29 is 14.3 Å². The first-order valence-corrected chi connectivity index (χ1v) is 12.3. The molecule has 1 aromatic heterocycles. The molecule has 3 heterocycles. The number of hydrogen-bond donors (Lipinski definition) is 1. The van der Waals surface area contributed by atoms with Crippen molar-refractivity contribution in [3.05, 3.63) is 58.1 Å². The van der Waals surface area contributed by atoms with Gasteiger partial charge in [0.25, 0.3) is 5.91 Å². The Bertz CT molecular complexity index is 1280. The number of ether oxygens (including phenoxy) is 1. The number of carbonyl (C=O) groups is 2. The first kappa shape index (κ1) is 22.9. The predicted octanol–water partition coefficient (Wildman–Crippen LogP) is 5.97. The van der Waals surface area contributed by atoms with Gasteiger partial charge in [-0.2, -0.15) is 0 Å². The Kier molecular flexibility index (Phi) is 5.90. The number of likely N-dealkylation sites (tertiary alicyclic amines) is 1. The fraction of sp³-hybridized carbons (Fsp3) is 0.407. The lowest BCUT2D eigenvalue weighted by Gasteiger charge is -2.26. The van der Waals surface area contributed by atoms with Gasteiger partial charge < -0.3 is 10.1 Å². The molecule has 0 saturated carbocycles. The molecule has 2 aliphatic rings. The van der Waals surface area contributed by atoms with E-state index in [2.05, 4.69) is 22.3 Å². The van der Waals surface area contributed by atoms with E-state index in [4.69, 9.17) is 16.3 Å². The Morgan fingerprint density at radius 2 is 1.85 bits per heavy atom. The summed E-state index contributed by atoms with van der Waals surface area (Å²) >= 11 is 6.43. The van der Waals surface area contributed by atoms with Crippen molar-refractivity contribution in [1.29, 1.82) is 0 Å². The van der Waals surface area contributed by atoms with Gasteiger partial charge in [-0.15, -0.1) is 0 Å². The quantitative estimate of drug-likeness (QED) is 0.502. The predicted molar refractivity (Wildman–Crippen MR) is 134 cm³/mol. The molecular weight excluding hydrogens is 450 g/mol. The van der Waals surface area contributed by atoms with E-state index in [1.807, 2.05) is 32.9 Å². The molecule has 1 N–H and O–H groups in total. The second-order valence-corrected chi connectivity index (χ2v) is 10.7. The first-order valence-electron chi connectivity index (χ1n) is 11.9. The fourth-order valence-corrected chi connectivity index (χ4v) is 5.22. The fourth-order valence-electron chi connectivity index (χ4n) is 4.98. The van der Waals surface area contributed by atoms with Crippen molar-refractivity contribution in [3.63, 3.8) is 0 Å². The molecular formula is C27H30ClN3O3. The molecule has 0 spiro atoms. The molecule has 0 radical (unpaired) electrons. The summed E-state index contributed by atoms with van der Waals surface area (Å²) in [6.07, 6.45) is 3.30. The van der Waals surface area contributed by atoms with Crippen LogP contribution in [-0.4, -0.2) is 40.2 Å². The SMILES string of the molecule is CC(C)(C)OC(=O)n1c(-c2cc(Cl)cc3c2C(=O)NC3)cc2cc(CN3CCCCC3)ccc21. The lowest BCUT2D eigenvalue weighted by Crippen LogP contribution is -2.29. The average Bonchev–Trinajstić information content (AvgIpc) is 3.33. The van der Waals surface area contributed by atoms with Gasteiger partial charge >= 0.3 is 6.09 Å². The average molecular weight is 480 g/mol. The van der Waals surface area contributed by atoms with Gasteiger partial charge in [-0.25, -0.2) is 9.36 Å². The number of piperidine rings is 1. The monoisotopic (exact) mass is 479 g/mol. The molecule has 3 aromatic rings. The van der Waals surface area contributed by atoms with E-state index < -0.39 is 11.7 Å². The van der Waals surface area contributed by atoms with Crippen LogP contribution in [0.3, 0.4) is 0 Å². The second-order valence-electron chi connectivity index (χ2n) is 10.2. The lowest BCUT2D eigenvalue weighted by atomic mass is 10.00. The van der Waals surface area contributed by atoms with Crippen molar-refractivity contribution in [1.82, 2.24) is 14.8 Å². The maximum Gasteiger partial charge on any atom is 0.419 e. The minimum Gasteiger partial charge on any atom is -0.443 e. The van der Waals surface area contributed by atoms with E-state index in [1.54, 1.807) is 16.7 Å². The van der Waals surface area contributed by atoms with Crippen LogP contribution in [0.5, 0.6) is 0 Å². The van der Waals surface area contributed by atoms with Gasteiger partial charge in [-0.3, -0.25) is 9.69 Å². The number of benzene rings is 2. The van der Waals surface area contributed by atoms with E-state index in [0.717, 1.165) is 36.1 Å². The third-order valence-corrected chi connectivity index (χ3v) is 6.64. The zero-order valence-corrected chi connectivity index (χ0v) is 20.7. The van der Waals surface area contributed by atoms with Gasteiger partial charge in [0, 0.05) is 29.1 Å². The van der Waals surface area contributed by atoms with Gasteiger partial charge in [-0.1, -0.05) is 24.1 Å². The van der Waals surface area contributed by atoms with Crippen LogP contribution in [0.15, 0.2) is 36.4 Å². The highest BCUT2D eigenvalue weighted by Gasteiger charge is 2.29. The van der Waals surface area contributed by atoms with Gasteiger partial charge in [-0.05, 0) is 88.2 Å². The van der Waals surface area contributed by atoms with Crippen LogP contribution in [0.25, 0.3) is 22.2 Å². The molecule has 7 heteroatoms. The molecule has 6 nitrogen and oxygen atoms in total. The third kappa shape index (κ3) is 4.44. The molecule has 0 bridgehead atoms. The number of amides is 1. The number of rotatable bonds is 3. The highest BCUT2D eigenvalue weighted by Crippen LogP contribution is 2.37. The smallest absolute Gasteiger partial charge is 0.419 e. The van der Waals surface area contributed by atoms with Gasteiger partial charge in [0.05, 0.1) is 16.8 Å². The summed E-state index contributed by atoms with van der Waals surface area (Å²) in [6.45, 7) is 9.08. The number of hydrogen-bond acceptors (Lipinski definition) is 4. The summed E-state index contributed by atoms with van der Waals surface area (Å²) in [6, 6.07) is 11.7. The van der Waals surface area contributed by atoms with Crippen molar-refractivity contribution >= 4 is 34.5 Å². The molecule has 0 atom stereocenters. The summed E-state index contributed by atoms with van der Waals surface area (Å²) in [5.41, 5.74) is 3.93. The van der Waals surface area contributed by atoms with Gasteiger partial charge in [0.15, 0.2) is 0 Å². The van der Waals surface area contributed by atoms with Crippen LogP contribution in [0.1, 0.15) is 61.5 Å². The largest absolute Gasteiger partial charge is 0.443 e. The molecule has 1 saturated heterocycles. The third-order valence-electron chi connectivity index (χ3n) is 6.42. The highest BCUT2D eigenvalue weighted by atomic mass is 35.5. The Morgan fingerprint density at radius 1 is 1.09 bits per heavy atom. The van der Waals surface area contributed by atoms with E-state index in [0.29, 0.717) is 28.4 Å². The van der Waals surface area contributed by atoms with Crippen molar-refractivity contribution in [2.75, 3.05) is 13.1 Å². The van der Waals surface area contributed by atoms with Crippen LogP contribution in [0.2, 0.25) is 5.02 Å². The van der Waals surface area contributed by atoms with Crippen LogP contribution in [0.4, 0.5) is 4.79 Å². The summed E-state index contributed by atoms with van der Waals surface area (Å²) in [5.74, 6) is -0.159. The topological polar surface area (TPSA) is 63.6 Å². The molecule has 1 fully saturated rings. The zero-order valence-electron chi connectivity index (χ0n) is 19.9. The maximum absolute atomic E-state index is 13.4. The molecule has 0 aliphatic carbocycles. The molecule has 1 amide bonds.